The van der Waals surface area contributed by atoms with Crippen LogP contribution in [0.3, 0.4) is 0 Å². The average Bonchev–Trinajstić information content (AvgIpc) is 2.34. The summed E-state index contributed by atoms with van der Waals surface area (Å²) >= 11 is 0. The molecule has 11 heteroatoms. The normalized spacial score (nSPS) is 13.4. The molecule has 1 aromatic heterocycles. The van der Waals surface area contributed by atoms with Gasteiger partial charge in [-0.25, -0.2) is 4.79 Å². The lowest BCUT2D eigenvalue weighted by atomic mass is 10.3. The van der Waals surface area contributed by atoms with Crippen LogP contribution in [-0.2, 0) is 22.3 Å². The second kappa shape index (κ2) is 6.91. The van der Waals surface area contributed by atoms with Gasteiger partial charge in [0.05, 0.1) is 19.3 Å². The van der Waals surface area contributed by atoms with Crippen molar-refractivity contribution in [1.29, 1.82) is 0 Å². The fourth-order valence-corrected chi connectivity index (χ4v) is 1.91. The van der Waals surface area contributed by atoms with Crippen LogP contribution in [0.2, 0.25) is 0 Å². The van der Waals surface area contributed by atoms with E-state index < -0.39 is 32.3 Å². The summed E-state index contributed by atoms with van der Waals surface area (Å²) in [7, 11) is -4.35. The van der Waals surface area contributed by atoms with Crippen molar-refractivity contribution < 1.29 is 24.2 Å². The summed E-state index contributed by atoms with van der Waals surface area (Å²) in [5, 5.41) is 9.13. The average molecular weight is 308 g/mol. The van der Waals surface area contributed by atoms with Crippen molar-refractivity contribution in [3.05, 3.63) is 16.3 Å². The molecule has 0 unspecified atom stereocenters. The zero-order valence-corrected chi connectivity index (χ0v) is 11.7. The van der Waals surface area contributed by atoms with Gasteiger partial charge in [-0.05, 0) is 0 Å². The maximum absolute atomic E-state index is 11.7. The molecule has 0 bridgehead atoms. The van der Waals surface area contributed by atoms with Crippen molar-refractivity contribution in [3.8, 4) is 0 Å². The second-order valence-electron chi connectivity index (χ2n) is 4.01. The van der Waals surface area contributed by atoms with Crippen molar-refractivity contribution in [1.82, 2.24) is 14.5 Å². The minimum absolute atomic E-state index is 0.126. The van der Waals surface area contributed by atoms with Crippen molar-refractivity contribution in [3.63, 3.8) is 0 Å². The molecule has 0 fully saturated rings. The van der Waals surface area contributed by atoms with Gasteiger partial charge in [-0.2, -0.15) is 9.97 Å². The van der Waals surface area contributed by atoms with Crippen LogP contribution < -0.4 is 11.4 Å². The molecule has 0 saturated carbocycles. The Morgan fingerprint density at radius 1 is 1.45 bits per heavy atom. The molecule has 1 atom stereocenters. The Hall–Kier alpha value is -1.32. The van der Waals surface area contributed by atoms with E-state index >= 15 is 0 Å². The van der Waals surface area contributed by atoms with Gasteiger partial charge in [-0.3, -0.25) is 9.13 Å². The van der Waals surface area contributed by atoms with E-state index in [0.717, 1.165) is 4.57 Å². The van der Waals surface area contributed by atoms with Gasteiger partial charge in [-0.15, -0.1) is 0 Å². The number of aromatic nitrogens is 3. The molecule has 20 heavy (non-hydrogen) atoms. The van der Waals surface area contributed by atoms with Crippen molar-refractivity contribution in [2.75, 3.05) is 18.7 Å². The Balaban J connectivity index is 2.90. The van der Waals surface area contributed by atoms with E-state index in [0.29, 0.717) is 12.2 Å². The van der Waals surface area contributed by atoms with E-state index in [2.05, 4.69) is 9.97 Å². The Labute approximate surface area is 114 Å². The Morgan fingerprint density at radius 2 is 2.10 bits per heavy atom. The molecule has 0 aliphatic rings. The third kappa shape index (κ3) is 4.99. The fourth-order valence-electron chi connectivity index (χ4n) is 1.51. The predicted octanol–water partition coefficient (Wildman–Crippen LogP) is -1.70. The zero-order chi connectivity index (χ0) is 15.3. The molecule has 0 aromatic carbocycles. The van der Waals surface area contributed by atoms with E-state index in [-0.39, 0.29) is 12.5 Å². The topological polar surface area (TPSA) is 161 Å². The quantitative estimate of drug-likeness (QED) is 0.430. The van der Waals surface area contributed by atoms with E-state index in [4.69, 9.17) is 25.4 Å². The molecule has 0 aliphatic heterocycles. The summed E-state index contributed by atoms with van der Waals surface area (Å²) in [6.07, 6.45) is -1.40. The van der Waals surface area contributed by atoms with Crippen LogP contribution in [0.4, 0.5) is 5.95 Å². The number of aliphatic hydroxyl groups excluding tert-OH is 1. The second-order valence-corrected chi connectivity index (χ2v) is 5.60. The van der Waals surface area contributed by atoms with Gasteiger partial charge < -0.3 is 25.4 Å². The SMILES string of the molecule is CCc1nc(N)nc(=O)n1C[C@@H](CO)OCP(=O)(O)O. The number of nitrogen functional groups attached to an aromatic ring is 1. The van der Waals surface area contributed by atoms with Crippen LogP contribution in [0.1, 0.15) is 12.7 Å². The number of aliphatic hydroxyl groups is 1. The van der Waals surface area contributed by atoms with Crippen LogP contribution in [0.25, 0.3) is 0 Å². The number of hydrogen-bond donors (Lipinski definition) is 4. The number of nitrogens with two attached hydrogens (primary N) is 1. The van der Waals surface area contributed by atoms with Crippen molar-refractivity contribution in [2.24, 2.45) is 0 Å². The number of aryl methyl sites for hydroxylation is 1. The summed E-state index contributed by atoms with van der Waals surface area (Å²) in [5.74, 6) is 0.195. The van der Waals surface area contributed by atoms with Crippen LogP contribution in [0.15, 0.2) is 4.79 Å². The van der Waals surface area contributed by atoms with Crippen molar-refractivity contribution >= 4 is 13.5 Å². The van der Waals surface area contributed by atoms with E-state index in [1.807, 2.05) is 0 Å². The van der Waals surface area contributed by atoms with E-state index in [1.165, 1.54) is 0 Å². The number of hydrogen-bond acceptors (Lipinski definition) is 7. The highest BCUT2D eigenvalue weighted by Gasteiger charge is 2.19. The van der Waals surface area contributed by atoms with Gasteiger partial charge in [0.15, 0.2) is 0 Å². The Kier molecular flexibility index (Phi) is 5.78. The molecule has 10 nitrogen and oxygen atoms in total. The summed E-state index contributed by atoms with van der Waals surface area (Å²) in [4.78, 5) is 36.5. The van der Waals surface area contributed by atoms with Crippen LogP contribution >= 0.6 is 7.60 Å². The molecule has 0 aliphatic carbocycles. The lowest BCUT2D eigenvalue weighted by molar-refractivity contribution is 0.0181. The molecule has 0 spiro atoms. The lowest BCUT2D eigenvalue weighted by Crippen LogP contribution is -2.35. The number of nitrogens with zero attached hydrogens (tertiary/aromatic N) is 3. The van der Waals surface area contributed by atoms with Gasteiger partial charge >= 0.3 is 13.3 Å². The molecule has 5 N–H and O–H groups in total. The monoisotopic (exact) mass is 308 g/mol. The molecule has 114 valence electrons. The standard InChI is InChI=1S/C9H17N4O6P/c1-2-7-11-8(10)12-9(15)13(7)3-6(4-14)19-5-20(16,17)18/h6,14H,2-5H2,1H3,(H2,10,12,15)(H2,16,17,18)/t6-/m0/s1. The van der Waals surface area contributed by atoms with Crippen LogP contribution in [0.5, 0.6) is 0 Å². The third-order valence-corrected chi connectivity index (χ3v) is 2.87. The molecule has 0 amide bonds. The van der Waals surface area contributed by atoms with E-state index in [9.17, 15) is 9.36 Å². The highest BCUT2D eigenvalue weighted by molar-refractivity contribution is 7.51. The van der Waals surface area contributed by atoms with Gasteiger partial charge in [0, 0.05) is 6.42 Å². The van der Waals surface area contributed by atoms with Gasteiger partial charge in [0.2, 0.25) is 5.95 Å². The molecule has 0 saturated heterocycles. The molecular formula is C9H17N4O6P. The largest absolute Gasteiger partial charge is 0.394 e. The molecule has 1 heterocycles. The highest BCUT2D eigenvalue weighted by Crippen LogP contribution is 2.34. The molecular weight excluding hydrogens is 291 g/mol. The maximum Gasteiger partial charge on any atom is 0.352 e. The first-order valence-electron chi connectivity index (χ1n) is 5.77. The predicted molar refractivity (Wildman–Crippen MR) is 69.0 cm³/mol. The number of ether oxygens (including phenoxy) is 1. The first-order valence-corrected chi connectivity index (χ1v) is 7.56. The molecule has 0 radical (unpaired) electrons. The first kappa shape index (κ1) is 16.7. The fraction of sp³-hybridized carbons (Fsp3) is 0.667. The summed E-state index contributed by atoms with van der Waals surface area (Å²) < 4.78 is 16.8. The van der Waals surface area contributed by atoms with Gasteiger partial charge in [0.25, 0.3) is 0 Å². The van der Waals surface area contributed by atoms with Gasteiger partial charge in [0.1, 0.15) is 12.2 Å². The highest BCUT2D eigenvalue weighted by atomic mass is 31.2. The van der Waals surface area contributed by atoms with Gasteiger partial charge in [-0.1, -0.05) is 6.92 Å². The van der Waals surface area contributed by atoms with Crippen LogP contribution in [-0.4, -0.2) is 48.5 Å². The Morgan fingerprint density at radius 3 is 2.60 bits per heavy atom. The van der Waals surface area contributed by atoms with Crippen molar-refractivity contribution in [2.45, 2.75) is 26.0 Å². The summed E-state index contributed by atoms with van der Waals surface area (Å²) in [6, 6.07) is 0. The number of rotatable bonds is 7. The number of anilines is 1. The first-order chi connectivity index (χ1) is 9.26. The minimum Gasteiger partial charge on any atom is -0.394 e. The minimum atomic E-state index is -4.35. The maximum atomic E-state index is 11.7. The third-order valence-electron chi connectivity index (χ3n) is 2.38. The molecule has 1 rings (SSSR count). The van der Waals surface area contributed by atoms with E-state index in [1.54, 1.807) is 6.92 Å². The lowest BCUT2D eigenvalue weighted by Gasteiger charge is -2.18. The van der Waals surface area contributed by atoms with Crippen LogP contribution in [0, 0.1) is 0 Å². The smallest absolute Gasteiger partial charge is 0.352 e. The summed E-state index contributed by atoms with van der Waals surface area (Å²) in [5.41, 5.74) is 4.70. The molecule has 1 aromatic rings. The summed E-state index contributed by atoms with van der Waals surface area (Å²) in [6.45, 7) is 1.11. The zero-order valence-electron chi connectivity index (χ0n) is 10.8. The Bertz CT molecular complexity index is 556.